The molecule has 0 amide bonds. The third-order valence-corrected chi connectivity index (χ3v) is 6.26. The van der Waals surface area contributed by atoms with Crippen molar-refractivity contribution >= 4 is 5.97 Å². The number of nitrogens with zero attached hydrogens (tertiary/aromatic N) is 4. The highest BCUT2D eigenvalue weighted by Gasteiger charge is 2.49. The summed E-state index contributed by atoms with van der Waals surface area (Å²) in [4.78, 5) is 24.4. The fourth-order valence-corrected chi connectivity index (χ4v) is 4.65. The molecule has 1 aromatic rings. The molecular weight excluding hydrogens is 330 g/mol. The Hall–Kier alpha value is -1.57. The molecule has 3 aliphatic rings. The first-order valence-electron chi connectivity index (χ1n) is 9.73. The highest BCUT2D eigenvalue weighted by Crippen LogP contribution is 2.36. The molecule has 0 unspecified atom stereocenters. The molecule has 26 heavy (non-hydrogen) atoms. The summed E-state index contributed by atoms with van der Waals surface area (Å²) in [5.74, 6) is 0.133. The van der Waals surface area contributed by atoms with Crippen LogP contribution in [-0.4, -0.2) is 74.6 Å². The monoisotopic (exact) mass is 359 g/mol. The smallest absolute Gasteiger partial charge is 0.305 e. The molecule has 7 heteroatoms. The average molecular weight is 359 g/mol. The van der Waals surface area contributed by atoms with E-state index in [2.05, 4.69) is 32.0 Å². The quantitative estimate of drug-likeness (QED) is 0.751. The van der Waals surface area contributed by atoms with E-state index >= 15 is 0 Å². The predicted molar refractivity (Wildman–Crippen MR) is 97.6 cm³/mol. The molecule has 4 rings (SSSR count). The van der Waals surface area contributed by atoms with Gasteiger partial charge in [0, 0.05) is 62.8 Å². The van der Waals surface area contributed by atoms with Crippen molar-refractivity contribution in [2.75, 3.05) is 26.2 Å². The first-order chi connectivity index (χ1) is 12.5. The maximum atomic E-state index is 11.5. The fraction of sp³-hybridized carbons (Fsp3) is 0.737. The molecule has 0 radical (unpaired) electrons. The van der Waals surface area contributed by atoms with Crippen molar-refractivity contribution in [3.05, 3.63) is 24.3 Å². The normalized spacial score (nSPS) is 29.3. The molecule has 1 aromatic heterocycles. The van der Waals surface area contributed by atoms with Crippen LogP contribution in [0.4, 0.5) is 0 Å². The van der Waals surface area contributed by atoms with Gasteiger partial charge in [-0.2, -0.15) is 0 Å². The number of hydrogen-bond acceptors (Lipinski definition) is 6. The molecule has 2 atom stereocenters. The lowest BCUT2D eigenvalue weighted by Gasteiger charge is -2.57. The fourth-order valence-electron chi connectivity index (χ4n) is 4.65. The molecule has 0 aromatic carbocycles. The van der Waals surface area contributed by atoms with E-state index in [-0.39, 0.29) is 12.0 Å². The Labute approximate surface area is 154 Å². The van der Waals surface area contributed by atoms with Crippen LogP contribution in [-0.2, 0) is 11.3 Å². The van der Waals surface area contributed by atoms with Crippen LogP contribution in [0.1, 0.15) is 38.2 Å². The minimum Gasteiger partial charge on any atom is -0.481 e. The number of carboxylic acids is 1. The van der Waals surface area contributed by atoms with E-state index in [1.165, 1.54) is 12.7 Å². The molecule has 7 nitrogen and oxygen atoms in total. The second kappa shape index (κ2) is 7.21. The first-order valence-corrected chi connectivity index (χ1v) is 9.73. The van der Waals surface area contributed by atoms with Crippen LogP contribution in [0.3, 0.4) is 0 Å². The van der Waals surface area contributed by atoms with Crippen molar-refractivity contribution in [2.24, 2.45) is 5.92 Å². The molecule has 1 aliphatic carbocycles. The summed E-state index contributed by atoms with van der Waals surface area (Å²) in [5.41, 5.74) is 0.872. The summed E-state index contributed by atoms with van der Waals surface area (Å²) >= 11 is 0. The third kappa shape index (κ3) is 3.89. The molecule has 0 bridgehead atoms. The maximum Gasteiger partial charge on any atom is 0.305 e. The van der Waals surface area contributed by atoms with E-state index in [0.29, 0.717) is 12.1 Å². The second-order valence-electron chi connectivity index (χ2n) is 8.43. The lowest BCUT2D eigenvalue weighted by molar-refractivity contribution is -0.147. The van der Waals surface area contributed by atoms with Crippen molar-refractivity contribution in [3.63, 3.8) is 0 Å². The van der Waals surface area contributed by atoms with Gasteiger partial charge in [0.1, 0.15) is 6.33 Å². The lowest BCUT2D eigenvalue weighted by atomic mass is 9.82. The Morgan fingerprint density at radius 2 is 1.96 bits per heavy atom. The summed E-state index contributed by atoms with van der Waals surface area (Å²) in [7, 11) is 0. The molecule has 2 aliphatic heterocycles. The summed E-state index contributed by atoms with van der Waals surface area (Å²) in [5, 5.41) is 13.2. The molecule has 3 heterocycles. The van der Waals surface area contributed by atoms with Gasteiger partial charge in [0.25, 0.3) is 0 Å². The van der Waals surface area contributed by atoms with Crippen molar-refractivity contribution in [1.82, 2.24) is 25.1 Å². The molecule has 2 N–H and O–H groups in total. The van der Waals surface area contributed by atoms with Gasteiger partial charge >= 0.3 is 5.97 Å². The van der Waals surface area contributed by atoms with Crippen LogP contribution in [0.5, 0.6) is 0 Å². The van der Waals surface area contributed by atoms with Gasteiger partial charge in [0.15, 0.2) is 0 Å². The molecule has 0 spiro atoms. The van der Waals surface area contributed by atoms with Gasteiger partial charge in [-0.15, -0.1) is 0 Å². The van der Waals surface area contributed by atoms with E-state index in [9.17, 15) is 9.90 Å². The van der Waals surface area contributed by atoms with Gasteiger partial charge in [0.2, 0.25) is 0 Å². The number of likely N-dealkylation sites (tertiary alicyclic amines) is 2. The van der Waals surface area contributed by atoms with E-state index in [1.807, 2.05) is 12.4 Å². The van der Waals surface area contributed by atoms with Crippen LogP contribution in [0.2, 0.25) is 0 Å². The summed E-state index contributed by atoms with van der Waals surface area (Å²) in [6, 6.07) is 1.31. The summed E-state index contributed by atoms with van der Waals surface area (Å²) < 4.78 is 0. The van der Waals surface area contributed by atoms with Crippen LogP contribution >= 0.6 is 0 Å². The minimum absolute atomic E-state index is 0.209. The highest BCUT2D eigenvalue weighted by atomic mass is 16.4. The molecule has 1 saturated carbocycles. The number of carbonyl (C=O) groups is 1. The number of aliphatic carboxylic acids is 1. The SMILES string of the molecule is C[C@@H]1C[C@H]1NC1CCN(C2(CC(=O)O)CN(Cc3cncnc3)C2)CC1. The molecule has 3 fully saturated rings. The van der Waals surface area contributed by atoms with Gasteiger partial charge in [-0.25, -0.2) is 9.97 Å². The van der Waals surface area contributed by atoms with Gasteiger partial charge in [-0.05, 0) is 25.2 Å². The zero-order chi connectivity index (χ0) is 18.1. The zero-order valence-electron chi connectivity index (χ0n) is 15.5. The van der Waals surface area contributed by atoms with E-state index < -0.39 is 5.97 Å². The average Bonchev–Trinajstić information content (AvgIpc) is 3.28. The molecular formula is C19H29N5O2. The van der Waals surface area contributed by atoms with E-state index in [1.54, 1.807) is 0 Å². The Balaban J connectivity index is 1.32. The van der Waals surface area contributed by atoms with Gasteiger partial charge < -0.3 is 10.4 Å². The topological polar surface area (TPSA) is 81.6 Å². The second-order valence-corrected chi connectivity index (χ2v) is 8.43. The number of piperidine rings is 1. The van der Waals surface area contributed by atoms with Gasteiger partial charge in [-0.3, -0.25) is 14.6 Å². The Bertz CT molecular complexity index is 626. The lowest BCUT2D eigenvalue weighted by Crippen LogP contribution is -2.71. The van der Waals surface area contributed by atoms with Crippen LogP contribution in [0.15, 0.2) is 18.7 Å². The van der Waals surface area contributed by atoms with Crippen molar-refractivity contribution in [3.8, 4) is 0 Å². The number of hydrogen-bond donors (Lipinski definition) is 2. The summed E-state index contributed by atoms with van der Waals surface area (Å²) in [6.45, 7) is 6.70. The van der Waals surface area contributed by atoms with Crippen molar-refractivity contribution in [1.29, 1.82) is 0 Å². The molecule has 2 saturated heterocycles. The predicted octanol–water partition coefficient (Wildman–Crippen LogP) is 0.968. The van der Waals surface area contributed by atoms with Crippen LogP contribution < -0.4 is 5.32 Å². The Kier molecular flexibility index (Phi) is 4.94. The first kappa shape index (κ1) is 17.8. The highest BCUT2D eigenvalue weighted by molar-refractivity contribution is 5.69. The maximum absolute atomic E-state index is 11.5. The minimum atomic E-state index is -0.695. The van der Waals surface area contributed by atoms with Gasteiger partial charge in [0.05, 0.1) is 12.0 Å². The Morgan fingerprint density at radius 3 is 2.54 bits per heavy atom. The van der Waals surface area contributed by atoms with E-state index in [4.69, 9.17) is 0 Å². The number of carboxylic acid groups (broad SMARTS) is 1. The molecule has 142 valence electrons. The number of nitrogens with one attached hydrogen (secondary N) is 1. The van der Waals surface area contributed by atoms with Crippen molar-refractivity contribution < 1.29 is 9.90 Å². The number of aromatic nitrogens is 2. The third-order valence-electron chi connectivity index (χ3n) is 6.26. The summed E-state index contributed by atoms with van der Waals surface area (Å²) in [6.07, 6.45) is 8.98. The standard InChI is InChI=1S/C19H29N5O2/c1-14-6-17(14)22-16-2-4-24(5-3-16)19(7-18(25)26)11-23(12-19)10-15-8-20-13-21-9-15/h8-9,13-14,16-17,22H,2-7,10-12H2,1H3,(H,25,26)/t14-,17-/m1/s1. The Morgan fingerprint density at radius 1 is 1.31 bits per heavy atom. The zero-order valence-corrected chi connectivity index (χ0v) is 15.5. The number of rotatable bonds is 7. The largest absolute Gasteiger partial charge is 0.481 e. The van der Waals surface area contributed by atoms with Crippen LogP contribution in [0, 0.1) is 5.92 Å². The van der Waals surface area contributed by atoms with Crippen molar-refractivity contribution in [2.45, 2.75) is 56.8 Å². The van der Waals surface area contributed by atoms with Crippen LogP contribution in [0.25, 0.3) is 0 Å². The van der Waals surface area contributed by atoms with Gasteiger partial charge in [-0.1, -0.05) is 6.92 Å². The van der Waals surface area contributed by atoms with E-state index in [0.717, 1.165) is 57.0 Å².